The number of hydrogen-bond acceptors (Lipinski definition) is 2. The summed E-state index contributed by atoms with van der Waals surface area (Å²) in [6, 6.07) is 12.6. The zero-order valence-corrected chi connectivity index (χ0v) is 18.0. The molecule has 4 rings (SSSR count). The number of furan rings is 1. The molecule has 0 bridgehead atoms. The van der Waals surface area contributed by atoms with Crippen LogP contribution in [0.1, 0.15) is 46.8 Å². The third kappa shape index (κ3) is 3.76. The maximum Gasteiger partial charge on any atom is 0.144 e. The van der Waals surface area contributed by atoms with Gasteiger partial charge in [0.25, 0.3) is 0 Å². The van der Waals surface area contributed by atoms with E-state index in [1.165, 1.54) is 19.2 Å². The van der Waals surface area contributed by atoms with Crippen molar-refractivity contribution < 1.29 is 19.5 Å². The molecule has 3 heteroatoms. The van der Waals surface area contributed by atoms with Crippen molar-refractivity contribution in [2.24, 2.45) is 5.41 Å². The molecule has 0 saturated carbocycles. The second-order valence-electron chi connectivity index (χ2n) is 8.47. The monoisotopic (exact) mass is 412 g/mol. The first kappa shape index (κ1) is 10.6. The molecule has 2 nitrogen and oxygen atoms in total. The van der Waals surface area contributed by atoms with Crippen molar-refractivity contribution in [1.82, 2.24) is 4.98 Å². The van der Waals surface area contributed by atoms with E-state index in [2.05, 4.69) is 24.6 Å². The molecule has 0 aliphatic heterocycles. The summed E-state index contributed by atoms with van der Waals surface area (Å²) in [7, 11) is -1.87. The van der Waals surface area contributed by atoms with E-state index < -0.39 is 40.4 Å². The minimum Gasteiger partial charge on any atom is -0.455 e. The fraction of sp³-hybridized carbons (Fsp3) is 0.346. The predicted molar refractivity (Wildman–Crippen MR) is 128 cm³/mol. The molecule has 0 unspecified atom stereocenters. The Labute approximate surface area is 190 Å². The van der Waals surface area contributed by atoms with Crippen LogP contribution in [-0.2, 0) is 6.37 Å². The van der Waals surface area contributed by atoms with Gasteiger partial charge >= 0.3 is 0 Å². The maximum atomic E-state index is 8.95. The van der Waals surface area contributed by atoms with Crippen molar-refractivity contribution >= 4 is 35.2 Å². The summed E-state index contributed by atoms with van der Waals surface area (Å²) >= 11 is 0. The van der Waals surface area contributed by atoms with Crippen molar-refractivity contribution in [2.45, 2.75) is 53.5 Å². The Kier molecular flexibility index (Phi) is 2.50. The summed E-state index contributed by atoms with van der Waals surface area (Å²) in [4.78, 5) is 4.47. The highest BCUT2D eigenvalue weighted by molar-refractivity contribution is 6.90. The Balaban J connectivity index is 2.08. The van der Waals surface area contributed by atoms with Crippen LogP contribution in [-0.4, -0.2) is 13.1 Å². The Bertz CT molecular complexity index is 1560. The van der Waals surface area contributed by atoms with E-state index in [-0.39, 0.29) is 16.8 Å². The number of aromatic nitrogens is 1. The van der Waals surface area contributed by atoms with Crippen LogP contribution in [0, 0.1) is 12.3 Å². The molecule has 150 valence electrons. The van der Waals surface area contributed by atoms with E-state index in [1.807, 2.05) is 30.3 Å². The molecular weight excluding hydrogens is 370 g/mol. The molecule has 2 aromatic carbocycles. The molecule has 0 spiro atoms. The molecule has 0 atom stereocenters. The lowest BCUT2D eigenvalue weighted by atomic mass is 9.86. The van der Waals surface area contributed by atoms with Crippen LogP contribution in [0.25, 0.3) is 33.2 Å². The number of pyridine rings is 1. The number of fused-ring (bicyclic) bond motifs is 3. The van der Waals surface area contributed by atoms with E-state index in [0.29, 0.717) is 16.7 Å². The van der Waals surface area contributed by atoms with Crippen LogP contribution in [0.4, 0.5) is 0 Å². The highest BCUT2D eigenvalue weighted by Gasteiger charge is 2.25. The topological polar surface area (TPSA) is 26.0 Å². The van der Waals surface area contributed by atoms with Crippen molar-refractivity contribution in [3.8, 4) is 11.3 Å². The van der Waals surface area contributed by atoms with Gasteiger partial charge in [0.1, 0.15) is 11.2 Å². The number of benzene rings is 2. The van der Waals surface area contributed by atoms with Gasteiger partial charge in [-0.25, -0.2) is 0 Å². The molecular formula is C26H31NOSi. The molecule has 0 saturated heterocycles. The largest absolute Gasteiger partial charge is 0.455 e. The third-order valence-electron chi connectivity index (χ3n) is 5.04. The summed E-state index contributed by atoms with van der Waals surface area (Å²) < 4.78 is 96.5. The highest BCUT2D eigenvalue weighted by Crippen LogP contribution is 2.36. The number of nitrogens with zero attached hydrogens (tertiary/aromatic N) is 1. The van der Waals surface area contributed by atoms with E-state index >= 15 is 0 Å². The van der Waals surface area contributed by atoms with E-state index in [0.717, 1.165) is 16.0 Å². The summed E-state index contributed by atoms with van der Waals surface area (Å²) in [5, 5.41) is 2.96. The first-order valence-electron chi connectivity index (χ1n) is 15.0. The maximum absolute atomic E-state index is 8.95. The smallest absolute Gasteiger partial charge is 0.144 e. The molecule has 29 heavy (non-hydrogen) atoms. The van der Waals surface area contributed by atoms with E-state index in [4.69, 9.17) is 19.5 Å². The van der Waals surface area contributed by atoms with Gasteiger partial charge in [-0.15, -0.1) is 0 Å². The number of rotatable bonds is 3. The zero-order valence-electron chi connectivity index (χ0n) is 28.0. The van der Waals surface area contributed by atoms with Gasteiger partial charge < -0.3 is 4.42 Å². The van der Waals surface area contributed by atoms with Gasteiger partial charge in [-0.05, 0) is 53.2 Å². The minimum atomic E-state index is -3.72. The Morgan fingerprint density at radius 1 is 1.10 bits per heavy atom. The lowest BCUT2D eigenvalue weighted by Gasteiger charge is -2.21. The molecule has 0 aliphatic carbocycles. The van der Waals surface area contributed by atoms with Gasteiger partial charge in [-0.1, -0.05) is 64.5 Å². The average molecular weight is 413 g/mol. The normalized spacial score (nSPS) is 20.2. The highest BCUT2D eigenvalue weighted by atomic mass is 28.3. The molecule has 0 fully saturated rings. The molecule has 0 aliphatic rings. The fourth-order valence-electron chi connectivity index (χ4n) is 3.66. The fourth-order valence-corrected chi connectivity index (χ4v) is 5.24. The van der Waals surface area contributed by atoms with Crippen molar-refractivity contribution in [2.75, 3.05) is 0 Å². The van der Waals surface area contributed by atoms with Crippen molar-refractivity contribution in [3.05, 3.63) is 59.8 Å². The number of aryl methyl sites for hydroxylation is 1. The van der Waals surface area contributed by atoms with Gasteiger partial charge in [0.15, 0.2) is 0 Å². The second kappa shape index (κ2) is 6.84. The van der Waals surface area contributed by atoms with Crippen molar-refractivity contribution in [1.29, 1.82) is 0 Å². The summed E-state index contributed by atoms with van der Waals surface area (Å²) in [5.74, 6) is 0. The average Bonchev–Trinajstić information content (AvgIpc) is 3.14. The van der Waals surface area contributed by atoms with Gasteiger partial charge in [-0.3, -0.25) is 4.98 Å². The quantitative estimate of drug-likeness (QED) is 0.336. The standard InChI is InChI=1S/C26H31NOSi/c1-17-16-27-21(14-18(17)15-26(2,3)4)19-12-13-23(29(5,6)7)24-20-10-8-9-11-22(20)28-25(19)24/h8-14,16H,15H2,1-7H3/i2D3,3D3,4D3,15D2. The molecule has 0 radical (unpaired) electrons. The van der Waals surface area contributed by atoms with Crippen LogP contribution in [0.2, 0.25) is 19.6 Å². The predicted octanol–water partition coefficient (Wildman–Crippen LogP) is 7.09. The number of hydrogen-bond donors (Lipinski definition) is 0. The van der Waals surface area contributed by atoms with Crippen molar-refractivity contribution in [3.63, 3.8) is 0 Å². The molecule has 2 heterocycles. The molecule has 0 amide bonds. The summed E-state index contributed by atoms with van der Waals surface area (Å²) in [6.45, 7) is -3.08. The van der Waals surface area contributed by atoms with Crippen LogP contribution in [0.3, 0.4) is 0 Å². The molecule has 4 aromatic rings. The van der Waals surface area contributed by atoms with Gasteiger partial charge in [0, 0.05) is 37.6 Å². The Morgan fingerprint density at radius 3 is 2.59 bits per heavy atom. The Morgan fingerprint density at radius 2 is 1.86 bits per heavy atom. The number of para-hydroxylation sites is 1. The van der Waals surface area contributed by atoms with Crippen LogP contribution >= 0.6 is 0 Å². The van der Waals surface area contributed by atoms with E-state index in [1.54, 1.807) is 6.07 Å². The molecule has 2 aromatic heterocycles. The minimum absolute atomic E-state index is 0.121. The zero-order chi connectivity index (χ0) is 30.3. The Hall–Kier alpha value is -2.39. The van der Waals surface area contributed by atoms with Crippen LogP contribution in [0.15, 0.2) is 53.1 Å². The first-order chi connectivity index (χ1) is 18.1. The molecule has 0 N–H and O–H groups in total. The lowest BCUT2D eigenvalue weighted by molar-refractivity contribution is 0.410. The first-order valence-corrected chi connectivity index (χ1v) is 13.0. The summed E-state index contributed by atoms with van der Waals surface area (Å²) in [6.07, 6.45) is -2.05. The van der Waals surface area contributed by atoms with Crippen LogP contribution in [0.5, 0.6) is 0 Å². The SMILES string of the molecule is [2H]C([2H])([2H])C(C([2H])([2H])[2H])(C([2H])([2H])[2H])C([2H])([2H])c1cc(-c2ccc([Si](C)(C)C)c3c2oc2ccccc23)ncc1C. The lowest BCUT2D eigenvalue weighted by Crippen LogP contribution is -2.37. The van der Waals surface area contributed by atoms with Gasteiger partial charge in [-0.2, -0.15) is 0 Å². The third-order valence-corrected chi connectivity index (χ3v) is 7.07. The second-order valence-corrected chi connectivity index (χ2v) is 13.5. The van der Waals surface area contributed by atoms with Crippen LogP contribution < -0.4 is 5.19 Å². The van der Waals surface area contributed by atoms with E-state index in [9.17, 15) is 0 Å². The van der Waals surface area contributed by atoms with Gasteiger partial charge in [0.2, 0.25) is 0 Å². The van der Waals surface area contributed by atoms with Gasteiger partial charge in [0.05, 0.1) is 13.8 Å². The summed E-state index contributed by atoms with van der Waals surface area (Å²) in [5.41, 5.74) is -2.12.